The van der Waals surface area contributed by atoms with Crippen LogP contribution >= 0.6 is 0 Å². The molecule has 0 aromatic carbocycles. The van der Waals surface area contributed by atoms with Crippen LogP contribution in [0.3, 0.4) is 0 Å². The molecule has 0 atom stereocenters. The molecule has 0 amide bonds. The zero-order chi connectivity index (χ0) is 12.9. The number of aryl methyl sites for hydroxylation is 1. The molecule has 0 aliphatic heterocycles. The largest absolute Gasteiger partial charge is 0.478 e. The van der Waals surface area contributed by atoms with Crippen molar-refractivity contribution in [2.24, 2.45) is 0 Å². The molecule has 1 aromatic heterocycles. The van der Waals surface area contributed by atoms with Crippen LogP contribution in [0.2, 0.25) is 0 Å². The topological polar surface area (TPSA) is 87.5 Å². The summed E-state index contributed by atoms with van der Waals surface area (Å²) in [5, 5.41) is 21.3. The number of aliphatic hydroxyl groups excluding tert-OH is 2. The molecule has 0 aliphatic rings. The third-order valence-electron chi connectivity index (χ3n) is 2.23. The molecule has 0 bridgehead atoms. The van der Waals surface area contributed by atoms with E-state index in [-0.39, 0.29) is 13.2 Å². The van der Waals surface area contributed by atoms with Crippen molar-refractivity contribution in [1.82, 2.24) is 9.97 Å². The number of hydrogen-bond donors (Lipinski definition) is 3. The molecule has 0 radical (unpaired) electrons. The Balaban J connectivity index is 2.90. The standard InChI is InChI=1S/C11H19N3O3/c1-4-17-10-5-9(12-8(2)13-10)14-11(3,6-15)7-16/h5,15-16H,4,6-7H2,1-3H3,(H,12,13,14). The third kappa shape index (κ3) is 3.83. The highest BCUT2D eigenvalue weighted by molar-refractivity contribution is 5.41. The number of rotatable bonds is 6. The van der Waals surface area contributed by atoms with Crippen LogP contribution in [0.25, 0.3) is 0 Å². The van der Waals surface area contributed by atoms with Crippen molar-refractivity contribution in [3.63, 3.8) is 0 Å². The molecule has 1 aromatic rings. The fourth-order valence-electron chi connectivity index (χ4n) is 1.26. The maximum atomic E-state index is 9.19. The highest BCUT2D eigenvalue weighted by atomic mass is 16.5. The summed E-state index contributed by atoms with van der Waals surface area (Å²) in [6, 6.07) is 1.64. The van der Waals surface area contributed by atoms with E-state index in [4.69, 9.17) is 4.74 Å². The first kappa shape index (κ1) is 13.7. The molecular weight excluding hydrogens is 222 g/mol. The lowest BCUT2D eigenvalue weighted by atomic mass is 10.1. The van der Waals surface area contributed by atoms with Gasteiger partial charge in [0, 0.05) is 6.07 Å². The number of nitrogens with one attached hydrogen (secondary N) is 1. The summed E-state index contributed by atoms with van der Waals surface area (Å²) in [4.78, 5) is 8.28. The molecule has 0 unspecified atom stereocenters. The molecule has 0 saturated carbocycles. The highest BCUT2D eigenvalue weighted by Gasteiger charge is 2.22. The summed E-state index contributed by atoms with van der Waals surface area (Å²) in [5.41, 5.74) is -0.815. The SMILES string of the molecule is CCOc1cc(NC(C)(CO)CO)nc(C)n1. The molecule has 6 nitrogen and oxygen atoms in total. The van der Waals surface area contributed by atoms with Gasteiger partial charge >= 0.3 is 0 Å². The molecular formula is C11H19N3O3. The van der Waals surface area contributed by atoms with Crippen LogP contribution < -0.4 is 10.1 Å². The quantitative estimate of drug-likeness (QED) is 0.665. The lowest BCUT2D eigenvalue weighted by Gasteiger charge is -2.26. The van der Waals surface area contributed by atoms with Crippen LogP contribution in [0.5, 0.6) is 5.88 Å². The second-order valence-corrected chi connectivity index (χ2v) is 4.07. The van der Waals surface area contributed by atoms with Gasteiger partial charge in [-0.2, -0.15) is 4.98 Å². The second-order valence-electron chi connectivity index (χ2n) is 4.07. The van der Waals surface area contributed by atoms with Gasteiger partial charge in [0.15, 0.2) is 0 Å². The molecule has 3 N–H and O–H groups in total. The van der Waals surface area contributed by atoms with Gasteiger partial charge in [-0.05, 0) is 20.8 Å². The van der Waals surface area contributed by atoms with Gasteiger partial charge in [-0.25, -0.2) is 4.98 Å². The van der Waals surface area contributed by atoms with Crippen molar-refractivity contribution in [3.8, 4) is 5.88 Å². The predicted molar refractivity (Wildman–Crippen MR) is 64.1 cm³/mol. The molecule has 1 heterocycles. The zero-order valence-electron chi connectivity index (χ0n) is 10.4. The average molecular weight is 241 g/mol. The minimum atomic E-state index is -0.815. The fraction of sp³-hybridized carbons (Fsp3) is 0.636. The molecule has 0 aliphatic carbocycles. The third-order valence-corrected chi connectivity index (χ3v) is 2.23. The van der Waals surface area contributed by atoms with Crippen molar-refractivity contribution in [2.45, 2.75) is 26.3 Å². The minimum absolute atomic E-state index is 0.198. The highest BCUT2D eigenvalue weighted by Crippen LogP contribution is 2.17. The van der Waals surface area contributed by atoms with E-state index in [1.807, 2.05) is 6.92 Å². The Kier molecular flexibility index (Phi) is 4.65. The van der Waals surface area contributed by atoms with Gasteiger partial charge in [-0.3, -0.25) is 0 Å². The molecule has 6 heteroatoms. The Morgan fingerprint density at radius 2 is 2.00 bits per heavy atom. The number of aromatic nitrogens is 2. The van der Waals surface area contributed by atoms with E-state index >= 15 is 0 Å². The van der Waals surface area contributed by atoms with Gasteiger partial charge in [0.05, 0.1) is 25.4 Å². The average Bonchev–Trinajstić information content (AvgIpc) is 2.28. The maximum Gasteiger partial charge on any atom is 0.218 e. The Labute approximate surface area is 101 Å². The number of anilines is 1. The molecule has 96 valence electrons. The summed E-state index contributed by atoms with van der Waals surface area (Å²) in [6.45, 7) is 5.45. The van der Waals surface area contributed by atoms with E-state index in [1.165, 1.54) is 0 Å². The summed E-state index contributed by atoms with van der Waals surface area (Å²) in [5.74, 6) is 1.56. The van der Waals surface area contributed by atoms with Crippen LogP contribution in [-0.4, -0.2) is 45.5 Å². The van der Waals surface area contributed by atoms with Gasteiger partial charge in [0.25, 0.3) is 0 Å². The van der Waals surface area contributed by atoms with Crippen LogP contribution in [0.15, 0.2) is 6.07 Å². The summed E-state index contributed by atoms with van der Waals surface area (Å²) in [6.07, 6.45) is 0. The molecule has 0 fully saturated rings. The van der Waals surface area contributed by atoms with Gasteiger partial charge in [-0.1, -0.05) is 0 Å². The number of hydrogen-bond acceptors (Lipinski definition) is 6. The first-order valence-corrected chi connectivity index (χ1v) is 5.51. The zero-order valence-corrected chi connectivity index (χ0v) is 10.4. The van der Waals surface area contributed by atoms with Gasteiger partial charge in [-0.15, -0.1) is 0 Å². The monoisotopic (exact) mass is 241 g/mol. The van der Waals surface area contributed by atoms with Gasteiger partial charge in [0.1, 0.15) is 11.6 Å². The lowest BCUT2D eigenvalue weighted by Crippen LogP contribution is -2.42. The lowest BCUT2D eigenvalue weighted by molar-refractivity contribution is 0.147. The molecule has 0 saturated heterocycles. The van der Waals surface area contributed by atoms with Crippen molar-refractivity contribution in [2.75, 3.05) is 25.1 Å². The van der Waals surface area contributed by atoms with Crippen molar-refractivity contribution < 1.29 is 14.9 Å². The Morgan fingerprint density at radius 1 is 1.35 bits per heavy atom. The first-order chi connectivity index (χ1) is 8.03. The van der Waals surface area contributed by atoms with Crippen LogP contribution in [0.4, 0.5) is 5.82 Å². The summed E-state index contributed by atoms with van der Waals surface area (Å²) < 4.78 is 5.29. The number of aliphatic hydroxyl groups is 2. The van der Waals surface area contributed by atoms with Gasteiger partial charge < -0.3 is 20.3 Å². The summed E-state index contributed by atoms with van der Waals surface area (Å²) >= 11 is 0. The molecule has 0 spiro atoms. The predicted octanol–water partition coefficient (Wildman–Crippen LogP) is 0.339. The Bertz CT molecular complexity index is 367. The Hall–Kier alpha value is -1.40. The normalized spacial score (nSPS) is 11.4. The fourth-order valence-corrected chi connectivity index (χ4v) is 1.26. The second kappa shape index (κ2) is 5.79. The van der Waals surface area contributed by atoms with Crippen molar-refractivity contribution >= 4 is 5.82 Å². The van der Waals surface area contributed by atoms with E-state index in [9.17, 15) is 10.2 Å². The van der Waals surface area contributed by atoms with E-state index in [1.54, 1.807) is 19.9 Å². The summed E-state index contributed by atoms with van der Waals surface area (Å²) in [7, 11) is 0. The van der Waals surface area contributed by atoms with Crippen LogP contribution in [0, 0.1) is 6.92 Å². The van der Waals surface area contributed by atoms with E-state index in [0.717, 1.165) is 0 Å². The van der Waals surface area contributed by atoms with E-state index in [2.05, 4.69) is 15.3 Å². The van der Waals surface area contributed by atoms with Crippen molar-refractivity contribution in [1.29, 1.82) is 0 Å². The van der Waals surface area contributed by atoms with Gasteiger partial charge in [0.2, 0.25) is 5.88 Å². The number of ether oxygens (including phenoxy) is 1. The molecule has 1 rings (SSSR count). The minimum Gasteiger partial charge on any atom is -0.478 e. The Morgan fingerprint density at radius 3 is 2.53 bits per heavy atom. The first-order valence-electron chi connectivity index (χ1n) is 5.51. The maximum absolute atomic E-state index is 9.19. The smallest absolute Gasteiger partial charge is 0.218 e. The number of nitrogens with zero attached hydrogens (tertiary/aromatic N) is 2. The van der Waals surface area contributed by atoms with Crippen molar-refractivity contribution in [3.05, 3.63) is 11.9 Å². The van der Waals surface area contributed by atoms with E-state index in [0.29, 0.717) is 24.1 Å². The van der Waals surface area contributed by atoms with E-state index < -0.39 is 5.54 Å². The van der Waals surface area contributed by atoms with Crippen LogP contribution in [0.1, 0.15) is 19.7 Å². The van der Waals surface area contributed by atoms with Crippen LogP contribution in [-0.2, 0) is 0 Å². The molecule has 17 heavy (non-hydrogen) atoms.